The van der Waals surface area contributed by atoms with Gasteiger partial charge in [-0.1, -0.05) is 42.7 Å². The van der Waals surface area contributed by atoms with Crippen molar-refractivity contribution in [2.75, 3.05) is 204 Å². The van der Waals surface area contributed by atoms with E-state index < -0.39 is 147 Å². The van der Waals surface area contributed by atoms with Gasteiger partial charge in [0.25, 0.3) is 0 Å². The maximum Gasteiger partial charge on any atom is 0.246 e. The second kappa shape index (κ2) is 61.5. The minimum atomic E-state index is -1.14. The van der Waals surface area contributed by atoms with E-state index in [1.54, 1.807) is 35.2 Å². The fourth-order valence-electron chi connectivity index (χ4n) is 8.54. The summed E-state index contributed by atoms with van der Waals surface area (Å²) in [6.07, 6.45) is 4.44. The van der Waals surface area contributed by atoms with Crippen molar-refractivity contribution in [1.29, 1.82) is 0 Å². The predicted octanol–water partition coefficient (Wildman–Crippen LogP) is -9.03. The molecule has 0 bridgehead atoms. The highest BCUT2D eigenvalue weighted by molar-refractivity contribution is 5.94. The van der Waals surface area contributed by atoms with Crippen molar-refractivity contribution >= 4 is 88.6 Å². The zero-order chi connectivity index (χ0) is 78.3. The molecule has 0 fully saturated rings. The Balaban J connectivity index is 1.67. The molecule has 17 N–H and O–H groups in total. The molecule has 107 heavy (non-hydrogen) atoms. The van der Waals surface area contributed by atoms with Crippen molar-refractivity contribution in [2.45, 2.75) is 76.5 Å². The van der Waals surface area contributed by atoms with Gasteiger partial charge in [-0.3, -0.25) is 76.8 Å². The van der Waals surface area contributed by atoms with E-state index in [4.69, 9.17) is 58.8 Å². The van der Waals surface area contributed by atoms with Crippen LogP contribution in [0.1, 0.15) is 57.4 Å². The Labute approximate surface area is 619 Å². The molecule has 41 heteroatoms. The van der Waals surface area contributed by atoms with Crippen LogP contribution in [-0.2, 0) is 126 Å². The van der Waals surface area contributed by atoms with Gasteiger partial charge in [0, 0.05) is 51.9 Å². The zero-order valence-electron chi connectivity index (χ0n) is 60.5. The molecule has 2 rings (SSSR count). The number of nitrogens with one attached hydrogen (secondary N) is 13. The van der Waals surface area contributed by atoms with Gasteiger partial charge in [-0.2, -0.15) is 0 Å². The van der Waals surface area contributed by atoms with E-state index in [0.29, 0.717) is 12.1 Å². The quantitative estimate of drug-likeness (QED) is 0.0164. The fourth-order valence-corrected chi connectivity index (χ4v) is 8.54. The monoisotopic (exact) mass is 1520 g/mol. The Hall–Kier alpha value is -9.61. The molecule has 0 aromatic heterocycles. The highest BCUT2D eigenvalue weighted by Gasteiger charge is 2.24. The summed E-state index contributed by atoms with van der Waals surface area (Å²) in [6.45, 7) is -0.651. The van der Waals surface area contributed by atoms with Crippen LogP contribution in [0, 0.1) is 11.8 Å². The third-order valence-corrected chi connectivity index (χ3v) is 13.9. The van der Waals surface area contributed by atoms with Crippen molar-refractivity contribution in [3.05, 3.63) is 35.9 Å². The van der Waals surface area contributed by atoms with Crippen LogP contribution in [-0.4, -0.2) is 316 Å². The van der Waals surface area contributed by atoms with Gasteiger partial charge in [-0.15, -0.1) is 5.92 Å². The molecule has 41 nitrogen and oxygen atoms in total. The molecule has 0 saturated heterocycles. The molecular weight excluding hydrogens is 1420 g/mol. The summed E-state index contributed by atoms with van der Waals surface area (Å²) >= 11 is 0. The van der Waals surface area contributed by atoms with Gasteiger partial charge in [0.2, 0.25) is 88.6 Å². The standard InChI is InChI=1S/C66H106N16O25/c1-48(65(96)76-37-58(89)78-46-105-43-52(67)83)80-60(91)39-74-56(87)35-72-54(85)14-20-98-26-28-100-22-16-69-62(93)41-82(19-25-103-31-33-104-32-30-102-24-18-71-64(95)45-107-50-12-8-3-2-4-9-13-50)42-63(94)70-17-23-101-29-27-99-21-15-55(86)73-36-57(88)75-40-61(92)81-51(34-49-10-6-5-7-11-49)66(97)77-38-59(90)79-47-106-44-53(68)84/h5-7,10-11,48,50-51H,2-4,8,12,14-47H2,1H3,(H2,67,83)(H2,68,84)(H,69,93)(H,70,94)(H,71,95)(H,72,85)(H,73,86)(H,74,87)(H,75,88)(H,76,96)(H,77,97)(H,78,89)(H,79,90)(H,80,91)(H,81,92)/t48-,50?,51-/m0/s1. The maximum absolute atomic E-state index is 13.0. The maximum atomic E-state index is 13.0. The first kappa shape index (κ1) is 93.5. The van der Waals surface area contributed by atoms with E-state index in [9.17, 15) is 71.9 Å². The number of amides is 15. The first-order chi connectivity index (χ1) is 51.6. The molecule has 15 amide bonds. The van der Waals surface area contributed by atoms with E-state index in [1.165, 1.54) is 6.92 Å². The van der Waals surface area contributed by atoms with Crippen LogP contribution in [0.15, 0.2) is 30.3 Å². The summed E-state index contributed by atoms with van der Waals surface area (Å²) < 4.78 is 54.1. The molecule has 0 saturated carbocycles. The van der Waals surface area contributed by atoms with Crippen LogP contribution in [0.2, 0.25) is 0 Å². The van der Waals surface area contributed by atoms with Crippen molar-refractivity contribution in [3.8, 4) is 11.8 Å². The molecule has 1 aliphatic rings. The number of nitrogens with two attached hydrogens (primary N) is 2. The number of rotatable bonds is 63. The lowest BCUT2D eigenvalue weighted by Gasteiger charge is -2.21. The normalized spacial score (nSPS) is 12.9. The first-order valence-corrected chi connectivity index (χ1v) is 34.7. The van der Waals surface area contributed by atoms with Gasteiger partial charge in [0.15, 0.2) is 0 Å². The summed E-state index contributed by atoms with van der Waals surface area (Å²) in [5.74, 6) is -2.88. The molecule has 1 unspecified atom stereocenters. The number of hydrogen-bond acceptors (Lipinski definition) is 26. The minimum Gasteiger partial charge on any atom is -0.379 e. The Morgan fingerprint density at radius 2 is 0.841 bits per heavy atom. The van der Waals surface area contributed by atoms with Gasteiger partial charge >= 0.3 is 0 Å². The third kappa shape index (κ3) is 55.5. The second-order valence-corrected chi connectivity index (χ2v) is 23.0. The van der Waals surface area contributed by atoms with Crippen molar-refractivity contribution in [1.82, 2.24) is 74.0 Å². The first-order valence-electron chi connectivity index (χ1n) is 34.7. The Kier molecular flexibility index (Phi) is 53.8. The summed E-state index contributed by atoms with van der Waals surface area (Å²) in [7, 11) is 0. The number of carbonyl (C=O) groups is 15. The van der Waals surface area contributed by atoms with E-state index in [-0.39, 0.29) is 177 Å². The molecular formula is C66H106N16O25. The van der Waals surface area contributed by atoms with E-state index in [0.717, 1.165) is 32.1 Å². The highest BCUT2D eigenvalue weighted by atomic mass is 16.5. The lowest BCUT2D eigenvalue weighted by molar-refractivity contribution is -0.131. The van der Waals surface area contributed by atoms with Gasteiger partial charge in [-0.05, 0) is 31.7 Å². The topological polar surface area (TPSA) is 560 Å². The second-order valence-electron chi connectivity index (χ2n) is 23.0. The highest BCUT2D eigenvalue weighted by Crippen LogP contribution is 2.11. The Bertz CT molecular complexity index is 2950. The van der Waals surface area contributed by atoms with Gasteiger partial charge < -0.3 is 128 Å². The average Bonchev–Trinajstić information content (AvgIpc) is 0.898. The lowest BCUT2D eigenvalue weighted by atomic mass is 10.1. The summed E-state index contributed by atoms with van der Waals surface area (Å²) in [6, 6.07) is 6.51. The molecule has 3 atom stereocenters. The molecule has 0 spiro atoms. The third-order valence-electron chi connectivity index (χ3n) is 13.9. The van der Waals surface area contributed by atoms with Crippen LogP contribution in [0.5, 0.6) is 0 Å². The summed E-state index contributed by atoms with van der Waals surface area (Å²) in [5, 5.41) is 31.9. The fraction of sp³-hybridized carbons (Fsp3) is 0.652. The van der Waals surface area contributed by atoms with Gasteiger partial charge in [0.05, 0.1) is 145 Å². The smallest absolute Gasteiger partial charge is 0.246 e. The molecule has 1 aliphatic carbocycles. The van der Waals surface area contributed by atoms with Crippen molar-refractivity contribution in [2.24, 2.45) is 11.5 Å². The number of primary amides is 2. The summed E-state index contributed by atoms with van der Waals surface area (Å²) in [5.41, 5.74) is 10.6. The summed E-state index contributed by atoms with van der Waals surface area (Å²) in [4.78, 5) is 185. The number of carbonyl (C=O) groups excluding carboxylic acids is 15. The predicted molar refractivity (Wildman–Crippen MR) is 375 cm³/mol. The lowest BCUT2D eigenvalue weighted by Crippen LogP contribution is -2.52. The van der Waals surface area contributed by atoms with Crippen LogP contribution in [0.3, 0.4) is 0 Å². The van der Waals surface area contributed by atoms with Gasteiger partial charge in [-0.25, -0.2) is 0 Å². The molecule has 0 radical (unpaired) electrons. The van der Waals surface area contributed by atoms with E-state index in [1.807, 2.05) is 0 Å². The number of ether oxygens (including phenoxy) is 10. The van der Waals surface area contributed by atoms with E-state index >= 15 is 0 Å². The van der Waals surface area contributed by atoms with E-state index in [2.05, 4.69) is 81.0 Å². The molecule has 0 heterocycles. The van der Waals surface area contributed by atoms with Crippen LogP contribution < -0.4 is 80.6 Å². The Morgan fingerprint density at radius 1 is 0.421 bits per heavy atom. The number of benzene rings is 1. The van der Waals surface area contributed by atoms with Crippen molar-refractivity contribution < 1.29 is 119 Å². The SMILES string of the molecule is C[C@H](NC(=O)CNC(=O)CNC(=O)CCOCCOCCNC(=O)CN(CCOCCOCCOCCNC(=O)COC1C#CCCCCC1)CC(=O)NCCOCCOCCC(=O)NCC(=O)NCC(=O)N[C@@H](Cc1ccccc1)C(=O)NCC(=O)NCOCC(N)=O)C(=O)NCC(=O)NCOCC(N)=O. The minimum absolute atomic E-state index is 0.0106. The average molecular weight is 1520 g/mol. The molecule has 1 aromatic rings. The Morgan fingerprint density at radius 3 is 1.35 bits per heavy atom. The molecule has 0 aliphatic heterocycles. The van der Waals surface area contributed by atoms with Crippen LogP contribution in [0.25, 0.3) is 0 Å². The van der Waals surface area contributed by atoms with Gasteiger partial charge in [0.1, 0.15) is 51.5 Å². The molecule has 1 aromatic carbocycles. The largest absolute Gasteiger partial charge is 0.379 e. The van der Waals surface area contributed by atoms with Crippen LogP contribution in [0.4, 0.5) is 0 Å². The van der Waals surface area contributed by atoms with Crippen LogP contribution >= 0.6 is 0 Å². The number of nitrogens with zero attached hydrogens (tertiary/aromatic N) is 1. The zero-order valence-corrected chi connectivity index (χ0v) is 60.5. The molecule has 600 valence electrons. The van der Waals surface area contributed by atoms with Crippen molar-refractivity contribution in [3.63, 3.8) is 0 Å². The number of hydrogen-bond donors (Lipinski definition) is 15.